The highest BCUT2D eigenvalue weighted by molar-refractivity contribution is 5.78. The van der Waals surface area contributed by atoms with E-state index in [1.165, 1.54) is 0 Å². The molecule has 3 atom stereocenters. The third kappa shape index (κ3) is 6.01. The van der Waals surface area contributed by atoms with Crippen LogP contribution in [0.1, 0.15) is 59.8 Å². The van der Waals surface area contributed by atoms with Gasteiger partial charge in [0.25, 0.3) is 0 Å². The van der Waals surface area contributed by atoms with Crippen molar-refractivity contribution in [1.82, 2.24) is 15.5 Å². The number of nitrogens with zero attached hydrogens (tertiary/aromatic N) is 1. The van der Waals surface area contributed by atoms with Crippen molar-refractivity contribution >= 4 is 12.0 Å². The first-order valence-electron chi connectivity index (χ1n) is 8.76. The number of amides is 2. The quantitative estimate of drug-likeness (QED) is 0.811. The monoisotopic (exact) mass is 325 g/mol. The van der Waals surface area contributed by atoms with E-state index in [0.717, 1.165) is 38.8 Å². The van der Waals surface area contributed by atoms with E-state index in [1.54, 1.807) is 0 Å². The molecule has 132 valence electrons. The molecule has 0 bridgehead atoms. The highest BCUT2D eigenvalue weighted by Crippen LogP contribution is 2.21. The number of likely N-dealkylation sites (tertiary alicyclic amines) is 1. The Labute approximate surface area is 139 Å². The van der Waals surface area contributed by atoms with Gasteiger partial charge < -0.3 is 20.3 Å². The molecule has 2 fully saturated rings. The highest BCUT2D eigenvalue weighted by atomic mass is 16.6. The molecule has 1 aliphatic carbocycles. The molecule has 0 aromatic heterocycles. The van der Waals surface area contributed by atoms with Crippen LogP contribution in [0, 0.1) is 0 Å². The van der Waals surface area contributed by atoms with Gasteiger partial charge in [0.1, 0.15) is 5.60 Å². The molecule has 2 aliphatic rings. The second-order valence-electron chi connectivity index (χ2n) is 7.86. The van der Waals surface area contributed by atoms with Gasteiger partial charge in [-0.3, -0.25) is 4.79 Å². The fourth-order valence-electron chi connectivity index (χ4n) is 3.42. The predicted octanol–water partition coefficient (Wildman–Crippen LogP) is 2.03. The maximum Gasteiger partial charge on any atom is 0.407 e. The molecule has 0 aromatic rings. The van der Waals surface area contributed by atoms with Gasteiger partial charge in [-0.2, -0.15) is 0 Å². The minimum Gasteiger partial charge on any atom is -0.444 e. The molecule has 3 unspecified atom stereocenters. The van der Waals surface area contributed by atoms with Crippen LogP contribution in [0.3, 0.4) is 0 Å². The normalized spacial score (nSPS) is 26.4. The maximum atomic E-state index is 11.8. The Balaban J connectivity index is 1.68. The van der Waals surface area contributed by atoms with E-state index in [-0.39, 0.29) is 24.1 Å². The summed E-state index contributed by atoms with van der Waals surface area (Å²) in [7, 11) is 0. The minimum absolute atomic E-state index is 0.169. The SMILES string of the molecule is CC(CN1CCCC1=O)NC1CCC(NC(=O)OC(C)(C)C)C1. The fourth-order valence-corrected chi connectivity index (χ4v) is 3.42. The van der Waals surface area contributed by atoms with E-state index >= 15 is 0 Å². The number of hydrogen-bond donors (Lipinski definition) is 2. The smallest absolute Gasteiger partial charge is 0.407 e. The first-order chi connectivity index (χ1) is 10.7. The lowest BCUT2D eigenvalue weighted by Crippen LogP contribution is -2.44. The van der Waals surface area contributed by atoms with E-state index < -0.39 is 5.60 Å². The van der Waals surface area contributed by atoms with Crippen molar-refractivity contribution in [3.8, 4) is 0 Å². The summed E-state index contributed by atoms with van der Waals surface area (Å²) in [6, 6.07) is 0.841. The zero-order chi connectivity index (χ0) is 17.0. The molecule has 0 radical (unpaired) electrons. The second kappa shape index (κ2) is 7.51. The van der Waals surface area contributed by atoms with E-state index in [0.29, 0.717) is 12.5 Å². The van der Waals surface area contributed by atoms with Crippen LogP contribution in [-0.2, 0) is 9.53 Å². The first-order valence-corrected chi connectivity index (χ1v) is 8.76. The van der Waals surface area contributed by atoms with Gasteiger partial charge in [-0.05, 0) is 53.4 Å². The Morgan fingerprint density at radius 2 is 2.04 bits per heavy atom. The van der Waals surface area contributed by atoms with Crippen LogP contribution in [0.5, 0.6) is 0 Å². The van der Waals surface area contributed by atoms with E-state index in [9.17, 15) is 9.59 Å². The first kappa shape index (κ1) is 18.0. The molecule has 1 aliphatic heterocycles. The number of ether oxygens (including phenoxy) is 1. The Hall–Kier alpha value is -1.30. The Morgan fingerprint density at radius 3 is 2.65 bits per heavy atom. The third-order valence-corrected chi connectivity index (χ3v) is 4.34. The molecule has 23 heavy (non-hydrogen) atoms. The van der Waals surface area contributed by atoms with Gasteiger partial charge in [-0.1, -0.05) is 0 Å². The van der Waals surface area contributed by atoms with Crippen LogP contribution in [0.25, 0.3) is 0 Å². The third-order valence-electron chi connectivity index (χ3n) is 4.34. The molecule has 6 nitrogen and oxygen atoms in total. The van der Waals surface area contributed by atoms with Gasteiger partial charge in [-0.25, -0.2) is 4.79 Å². The van der Waals surface area contributed by atoms with Gasteiger partial charge in [0.05, 0.1) is 0 Å². The van der Waals surface area contributed by atoms with Crippen LogP contribution in [0.4, 0.5) is 4.79 Å². The van der Waals surface area contributed by atoms with Crippen LogP contribution >= 0.6 is 0 Å². The van der Waals surface area contributed by atoms with Gasteiger partial charge >= 0.3 is 6.09 Å². The number of rotatable bonds is 5. The Kier molecular flexibility index (Phi) is 5.89. The lowest BCUT2D eigenvalue weighted by atomic mass is 10.2. The van der Waals surface area contributed by atoms with Crippen molar-refractivity contribution in [3.63, 3.8) is 0 Å². The summed E-state index contributed by atoms with van der Waals surface area (Å²) >= 11 is 0. The lowest BCUT2D eigenvalue weighted by molar-refractivity contribution is -0.128. The van der Waals surface area contributed by atoms with Gasteiger partial charge in [0.2, 0.25) is 5.91 Å². The molecule has 0 aromatic carbocycles. The molecule has 0 spiro atoms. The lowest BCUT2D eigenvalue weighted by Gasteiger charge is -2.25. The van der Waals surface area contributed by atoms with Crippen LogP contribution in [0.15, 0.2) is 0 Å². The minimum atomic E-state index is -0.461. The number of hydrogen-bond acceptors (Lipinski definition) is 4. The molecular formula is C17H31N3O3. The Morgan fingerprint density at radius 1 is 1.35 bits per heavy atom. The van der Waals surface area contributed by atoms with Gasteiger partial charge in [-0.15, -0.1) is 0 Å². The molecule has 1 heterocycles. The Bertz CT molecular complexity index is 433. The highest BCUT2D eigenvalue weighted by Gasteiger charge is 2.29. The largest absolute Gasteiger partial charge is 0.444 e. The maximum absolute atomic E-state index is 11.8. The molecule has 2 N–H and O–H groups in total. The van der Waals surface area contributed by atoms with Crippen molar-refractivity contribution in [2.45, 2.75) is 83.5 Å². The van der Waals surface area contributed by atoms with Gasteiger partial charge in [0.15, 0.2) is 0 Å². The van der Waals surface area contributed by atoms with Crippen molar-refractivity contribution in [1.29, 1.82) is 0 Å². The summed E-state index contributed by atoms with van der Waals surface area (Å²) in [4.78, 5) is 25.4. The summed E-state index contributed by atoms with van der Waals surface area (Å²) in [6.45, 7) is 9.39. The summed E-state index contributed by atoms with van der Waals surface area (Å²) in [6.07, 6.45) is 4.26. The standard InChI is InChI=1S/C17H31N3O3/c1-12(11-20-9-5-6-15(20)21)18-13-7-8-14(10-13)19-16(22)23-17(2,3)4/h12-14,18H,5-11H2,1-4H3,(H,19,22). The molecule has 1 saturated carbocycles. The van der Waals surface area contributed by atoms with Crippen molar-refractivity contribution in [2.75, 3.05) is 13.1 Å². The molecule has 2 amide bonds. The average Bonchev–Trinajstić information content (AvgIpc) is 2.97. The van der Waals surface area contributed by atoms with E-state index in [2.05, 4.69) is 17.6 Å². The summed E-state index contributed by atoms with van der Waals surface area (Å²) in [5, 5.41) is 6.54. The van der Waals surface area contributed by atoms with Crippen molar-refractivity contribution in [2.24, 2.45) is 0 Å². The van der Waals surface area contributed by atoms with Crippen molar-refractivity contribution in [3.05, 3.63) is 0 Å². The number of carbonyl (C=O) groups is 2. The van der Waals surface area contributed by atoms with Crippen LogP contribution in [0.2, 0.25) is 0 Å². The molecule has 2 rings (SSSR count). The predicted molar refractivity (Wildman–Crippen MR) is 89.2 cm³/mol. The summed E-state index contributed by atoms with van der Waals surface area (Å²) < 4.78 is 5.30. The zero-order valence-electron chi connectivity index (χ0n) is 14.9. The van der Waals surface area contributed by atoms with Crippen LogP contribution in [-0.4, -0.2) is 53.7 Å². The topological polar surface area (TPSA) is 70.7 Å². The molecular weight excluding hydrogens is 294 g/mol. The van der Waals surface area contributed by atoms with Gasteiger partial charge in [0, 0.05) is 37.6 Å². The molecule has 1 saturated heterocycles. The number of carbonyl (C=O) groups excluding carboxylic acids is 2. The van der Waals surface area contributed by atoms with Crippen molar-refractivity contribution < 1.29 is 14.3 Å². The zero-order valence-corrected chi connectivity index (χ0v) is 14.9. The molecule has 6 heteroatoms. The fraction of sp³-hybridized carbons (Fsp3) is 0.882. The second-order valence-corrected chi connectivity index (χ2v) is 7.86. The number of alkyl carbamates (subject to hydrolysis) is 1. The average molecular weight is 325 g/mol. The summed E-state index contributed by atoms with van der Waals surface area (Å²) in [5.41, 5.74) is -0.461. The van der Waals surface area contributed by atoms with Crippen LogP contribution < -0.4 is 10.6 Å². The summed E-state index contributed by atoms with van der Waals surface area (Å²) in [5.74, 6) is 0.273. The number of nitrogens with one attached hydrogen (secondary N) is 2. The van der Waals surface area contributed by atoms with E-state index in [4.69, 9.17) is 4.74 Å². The van der Waals surface area contributed by atoms with E-state index in [1.807, 2.05) is 25.7 Å².